The minimum absolute atomic E-state index is 0.0814. The minimum Gasteiger partial charge on any atom is -0.360 e. The highest BCUT2D eigenvalue weighted by Crippen LogP contribution is 2.23. The van der Waals surface area contributed by atoms with Crippen molar-refractivity contribution in [2.24, 2.45) is 0 Å². The van der Waals surface area contributed by atoms with Crippen LogP contribution in [0.15, 0.2) is 53.0 Å². The van der Waals surface area contributed by atoms with Gasteiger partial charge in [-0.05, 0) is 48.5 Å². The lowest BCUT2D eigenvalue weighted by atomic mass is 10.2. The van der Waals surface area contributed by atoms with Crippen LogP contribution >= 0.6 is 15.9 Å². The number of rotatable bonds is 2. The molecule has 2 aromatic rings. The maximum Gasteiger partial charge on any atom is 0.246 e. The van der Waals surface area contributed by atoms with E-state index in [4.69, 9.17) is 5.26 Å². The first-order chi connectivity index (χ1) is 10.7. The molecule has 3 rings (SSSR count). The van der Waals surface area contributed by atoms with Crippen LogP contribution in [0.4, 0.5) is 11.4 Å². The summed E-state index contributed by atoms with van der Waals surface area (Å²) < 4.78 is 1.000. The van der Waals surface area contributed by atoms with Crippen molar-refractivity contribution in [1.82, 2.24) is 0 Å². The Kier molecular flexibility index (Phi) is 4.12. The molecule has 0 aromatic heterocycles. The standard InChI is InChI=1S/C17H14BrN3O/c18-14-3-7-16(8-4-14)21-10-9-20(12-17(21)22)15-5-1-13(11-19)2-6-15/h1-8H,9-10,12H2. The summed E-state index contributed by atoms with van der Waals surface area (Å²) in [5.74, 6) is 0.0814. The molecule has 1 saturated heterocycles. The highest BCUT2D eigenvalue weighted by Gasteiger charge is 2.25. The van der Waals surface area contributed by atoms with Crippen LogP contribution in [0.25, 0.3) is 0 Å². The second kappa shape index (κ2) is 6.20. The fraction of sp³-hybridized carbons (Fsp3) is 0.176. The summed E-state index contributed by atoms with van der Waals surface area (Å²) in [4.78, 5) is 16.3. The van der Waals surface area contributed by atoms with Crippen LogP contribution in [0.1, 0.15) is 5.56 Å². The zero-order chi connectivity index (χ0) is 15.5. The van der Waals surface area contributed by atoms with E-state index in [1.54, 1.807) is 12.1 Å². The van der Waals surface area contributed by atoms with Crippen LogP contribution in [0.5, 0.6) is 0 Å². The third-order valence-corrected chi connectivity index (χ3v) is 4.25. The Morgan fingerprint density at radius 2 is 1.59 bits per heavy atom. The van der Waals surface area contributed by atoms with E-state index >= 15 is 0 Å². The SMILES string of the molecule is N#Cc1ccc(N2CCN(c3ccc(Br)cc3)C(=O)C2)cc1. The topological polar surface area (TPSA) is 47.3 Å². The first-order valence-electron chi connectivity index (χ1n) is 6.98. The number of nitrogens with zero attached hydrogens (tertiary/aromatic N) is 3. The van der Waals surface area contributed by atoms with E-state index in [1.807, 2.05) is 46.2 Å². The Hall–Kier alpha value is -2.32. The molecule has 0 N–H and O–H groups in total. The number of nitriles is 1. The van der Waals surface area contributed by atoms with Gasteiger partial charge in [-0.15, -0.1) is 0 Å². The summed E-state index contributed by atoms with van der Waals surface area (Å²) in [6, 6.07) is 17.2. The van der Waals surface area contributed by atoms with Gasteiger partial charge in [0.2, 0.25) is 5.91 Å². The lowest BCUT2D eigenvalue weighted by Crippen LogP contribution is -2.50. The number of amides is 1. The van der Waals surface area contributed by atoms with Crippen molar-refractivity contribution < 1.29 is 4.79 Å². The van der Waals surface area contributed by atoms with Crippen molar-refractivity contribution in [3.05, 3.63) is 58.6 Å². The van der Waals surface area contributed by atoms with E-state index in [0.717, 1.165) is 22.4 Å². The molecule has 5 heteroatoms. The predicted molar refractivity (Wildman–Crippen MR) is 89.9 cm³/mol. The van der Waals surface area contributed by atoms with Crippen molar-refractivity contribution in [1.29, 1.82) is 5.26 Å². The lowest BCUT2D eigenvalue weighted by molar-refractivity contribution is -0.117. The second-order valence-electron chi connectivity index (χ2n) is 5.10. The molecular formula is C17H14BrN3O. The number of hydrogen-bond acceptors (Lipinski definition) is 3. The van der Waals surface area contributed by atoms with E-state index in [-0.39, 0.29) is 5.91 Å². The quantitative estimate of drug-likeness (QED) is 0.831. The van der Waals surface area contributed by atoms with Crippen LogP contribution in [-0.2, 0) is 4.79 Å². The number of carbonyl (C=O) groups excluding carboxylic acids is 1. The van der Waals surface area contributed by atoms with E-state index in [0.29, 0.717) is 18.7 Å². The van der Waals surface area contributed by atoms with Gasteiger partial charge in [-0.2, -0.15) is 5.26 Å². The van der Waals surface area contributed by atoms with Gasteiger partial charge in [0, 0.05) is 28.9 Å². The molecule has 0 spiro atoms. The molecular weight excluding hydrogens is 342 g/mol. The molecule has 0 aliphatic carbocycles. The number of anilines is 2. The Morgan fingerprint density at radius 3 is 2.18 bits per heavy atom. The number of benzene rings is 2. The maximum absolute atomic E-state index is 12.4. The molecule has 0 radical (unpaired) electrons. The number of piperazine rings is 1. The van der Waals surface area contributed by atoms with Gasteiger partial charge < -0.3 is 9.80 Å². The van der Waals surface area contributed by atoms with E-state index in [9.17, 15) is 4.79 Å². The first-order valence-corrected chi connectivity index (χ1v) is 7.78. The monoisotopic (exact) mass is 355 g/mol. The fourth-order valence-electron chi connectivity index (χ4n) is 2.53. The summed E-state index contributed by atoms with van der Waals surface area (Å²) in [6.45, 7) is 1.77. The van der Waals surface area contributed by atoms with Crippen LogP contribution in [0, 0.1) is 11.3 Å². The Morgan fingerprint density at radius 1 is 0.955 bits per heavy atom. The molecule has 22 heavy (non-hydrogen) atoms. The van der Waals surface area contributed by atoms with Crippen LogP contribution in [0.3, 0.4) is 0 Å². The molecule has 0 atom stereocenters. The van der Waals surface area contributed by atoms with Gasteiger partial charge in [0.05, 0.1) is 18.2 Å². The molecule has 1 fully saturated rings. The third-order valence-electron chi connectivity index (χ3n) is 3.72. The average Bonchev–Trinajstić information content (AvgIpc) is 2.56. The Labute approximate surface area is 137 Å². The van der Waals surface area contributed by atoms with Crippen LogP contribution in [0.2, 0.25) is 0 Å². The third kappa shape index (κ3) is 2.97. The minimum atomic E-state index is 0.0814. The van der Waals surface area contributed by atoms with Crippen LogP contribution < -0.4 is 9.80 Å². The summed E-state index contributed by atoms with van der Waals surface area (Å²) in [5, 5.41) is 8.83. The molecule has 1 aliphatic rings. The summed E-state index contributed by atoms with van der Waals surface area (Å²) >= 11 is 3.40. The highest BCUT2D eigenvalue weighted by atomic mass is 79.9. The molecule has 4 nitrogen and oxygen atoms in total. The molecule has 110 valence electrons. The summed E-state index contributed by atoms with van der Waals surface area (Å²) in [5.41, 5.74) is 2.53. The van der Waals surface area contributed by atoms with Gasteiger partial charge in [0.25, 0.3) is 0 Å². The van der Waals surface area contributed by atoms with Gasteiger partial charge in [0.1, 0.15) is 0 Å². The molecule has 1 heterocycles. The number of carbonyl (C=O) groups is 1. The van der Waals surface area contributed by atoms with Crippen molar-refractivity contribution in [3.8, 4) is 6.07 Å². The Balaban J connectivity index is 1.73. The van der Waals surface area contributed by atoms with Crippen LogP contribution in [-0.4, -0.2) is 25.5 Å². The second-order valence-corrected chi connectivity index (χ2v) is 6.02. The zero-order valence-corrected chi connectivity index (χ0v) is 13.5. The average molecular weight is 356 g/mol. The number of hydrogen-bond donors (Lipinski definition) is 0. The fourth-order valence-corrected chi connectivity index (χ4v) is 2.80. The van der Waals surface area contributed by atoms with Crippen molar-refractivity contribution in [2.45, 2.75) is 0 Å². The van der Waals surface area contributed by atoms with Gasteiger partial charge >= 0.3 is 0 Å². The van der Waals surface area contributed by atoms with Gasteiger partial charge in [-0.25, -0.2) is 0 Å². The molecule has 1 amide bonds. The lowest BCUT2D eigenvalue weighted by Gasteiger charge is -2.35. The maximum atomic E-state index is 12.4. The van der Waals surface area contributed by atoms with E-state index in [2.05, 4.69) is 22.0 Å². The van der Waals surface area contributed by atoms with Gasteiger partial charge in [-0.3, -0.25) is 4.79 Å². The van der Waals surface area contributed by atoms with Crippen molar-refractivity contribution in [2.75, 3.05) is 29.4 Å². The molecule has 1 aliphatic heterocycles. The summed E-state index contributed by atoms with van der Waals surface area (Å²) in [6.07, 6.45) is 0. The number of halogens is 1. The molecule has 0 unspecified atom stereocenters. The first kappa shape index (κ1) is 14.6. The summed E-state index contributed by atoms with van der Waals surface area (Å²) in [7, 11) is 0. The Bertz CT molecular complexity index is 719. The van der Waals surface area contributed by atoms with Gasteiger partial charge in [0.15, 0.2) is 0 Å². The van der Waals surface area contributed by atoms with E-state index < -0.39 is 0 Å². The normalized spacial score (nSPS) is 14.8. The largest absolute Gasteiger partial charge is 0.360 e. The predicted octanol–water partition coefficient (Wildman–Crippen LogP) is 3.17. The molecule has 2 aromatic carbocycles. The zero-order valence-electron chi connectivity index (χ0n) is 11.9. The molecule has 0 bridgehead atoms. The highest BCUT2D eigenvalue weighted by molar-refractivity contribution is 9.10. The molecule has 0 saturated carbocycles. The van der Waals surface area contributed by atoms with Gasteiger partial charge in [-0.1, -0.05) is 15.9 Å². The smallest absolute Gasteiger partial charge is 0.246 e. The van der Waals surface area contributed by atoms with Crippen molar-refractivity contribution >= 4 is 33.2 Å². The van der Waals surface area contributed by atoms with Crippen molar-refractivity contribution in [3.63, 3.8) is 0 Å². The van der Waals surface area contributed by atoms with E-state index in [1.165, 1.54) is 0 Å².